The van der Waals surface area contributed by atoms with Crippen molar-refractivity contribution in [3.05, 3.63) is 76.5 Å². The SMILES string of the molecule is Cc1ccc(C)c(COC(=O)c2cc(C)nc3ccccc23)c1. The van der Waals surface area contributed by atoms with Crippen molar-refractivity contribution in [3.63, 3.8) is 0 Å². The molecule has 3 aromatic rings. The second-order valence-corrected chi connectivity index (χ2v) is 5.83. The molecule has 0 unspecified atom stereocenters. The largest absolute Gasteiger partial charge is 0.457 e. The third-order valence-electron chi connectivity index (χ3n) is 3.93. The van der Waals surface area contributed by atoms with Gasteiger partial charge in [0.15, 0.2) is 0 Å². The molecule has 0 fully saturated rings. The average molecular weight is 305 g/mol. The van der Waals surface area contributed by atoms with E-state index in [2.05, 4.69) is 17.1 Å². The standard InChI is InChI=1S/C20H19NO2/c1-13-8-9-14(2)16(10-13)12-23-20(22)18-11-15(3)21-19-7-5-4-6-17(18)19/h4-11H,12H2,1-3H3. The molecule has 1 heterocycles. The maximum absolute atomic E-state index is 12.5. The number of ether oxygens (including phenoxy) is 1. The highest BCUT2D eigenvalue weighted by Gasteiger charge is 2.13. The number of pyridine rings is 1. The predicted octanol–water partition coefficient (Wildman–Crippen LogP) is 4.52. The van der Waals surface area contributed by atoms with Gasteiger partial charge >= 0.3 is 5.97 Å². The van der Waals surface area contributed by atoms with Gasteiger partial charge in [-0.2, -0.15) is 0 Å². The van der Waals surface area contributed by atoms with E-state index in [1.807, 2.05) is 51.1 Å². The monoisotopic (exact) mass is 305 g/mol. The molecule has 0 saturated carbocycles. The van der Waals surface area contributed by atoms with E-state index in [1.54, 1.807) is 6.07 Å². The van der Waals surface area contributed by atoms with E-state index in [1.165, 1.54) is 0 Å². The summed E-state index contributed by atoms with van der Waals surface area (Å²) in [5.41, 5.74) is 5.51. The van der Waals surface area contributed by atoms with Crippen molar-refractivity contribution in [2.24, 2.45) is 0 Å². The molecule has 116 valence electrons. The Morgan fingerprint density at radius 2 is 1.83 bits per heavy atom. The molecule has 3 nitrogen and oxygen atoms in total. The van der Waals surface area contributed by atoms with E-state index < -0.39 is 0 Å². The number of esters is 1. The summed E-state index contributed by atoms with van der Waals surface area (Å²) >= 11 is 0. The summed E-state index contributed by atoms with van der Waals surface area (Å²) in [6.07, 6.45) is 0. The van der Waals surface area contributed by atoms with Gasteiger partial charge in [0.2, 0.25) is 0 Å². The van der Waals surface area contributed by atoms with Crippen LogP contribution in [0.4, 0.5) is 0 Å². The topological polar surface area (TPSA) is 39.2 Å². The van der Waals surface area contributed by atoms with Gasteiger partial charge in [0, 0.05) is 11.1 Å². The Labute approximate surface area is 135 Å². The zero-order valence-electron chi connectivity index (χ0n) is 13.6. The first kappa shape index (κ1) is 15.2. The van der Waals surface area contributed by atoms with Crippen LogP contribution in [0.15, 0.2) is 48.5 Å². The van der Waals surface area contributed by atoms with Crippen molar-refractivity contribution in [3.8, 4) is 0 Å². The molecule has 0 N–H and O–H groups in total. The van der Waals surface area contributed by atoms with Crippen LogP contribution in [0.3, 0.4) is 0 Å². The fourth-order valence-corrected chi connectivity index (χ4v) is 2.65. The number of aryl methyl sites for hydroxylation is 3. The molecule has 0 aliphatic carbocycles. The minimum Gasteiger partial charge on any atom is -0.457 e. The van der Waals surface area contributed by atoms with Crippen LogP contribution < -0.4 is 0 Å². The number of nitrogens with zero attached hydrogens (tertiary/aromatic N) is 1. The maximum atomic E-state index is 12.5. The number of carbonyl (C=O) groups is 1. The smallest absolute Gasteiger partial charge is 0.339 e. The molecule has 1 aromatic heterocycles. The third-order valence-corrected chi connectivity index (χ3v) is 3.93. The van der Waals surface area contributed by atoms with Crippen molar-refractivity contribution in [2.75, 3.05) is 0 Å². The number of para-hydroxylation sites is 1. The van der Waals surface area contributed by atoms with Crippen LogP contribution in [-0.2, 0) is 11.3 Å². The van der Waals surface area contributed by atoms with Crippen LogP contribution in [-0.4, -0.2) is 11.0 Å². The molecule has 0 saturated heterocycles. The number of rotatable bonds is 3. The van der Waals surface area contributed by atoms with Gasteiger partial charge < -0.3 is 4.74 Å². The first-order valence-corrected chi connectivity index (χ1v) is 7.64. The minimum atomic E-state index is -0.312. The van der Waals surface area contributed by atoms with E-state index in [0.29, 0.717) is 5.56 Å². The first-order chi connectivity index (χ1) is 11.0. The summed E-state index contributed by atoms with van der Waals surface area (Å²) in [6, 6.07) is 15.6. The van der Waals surface area contributed by atoms with Gasteiger partial charge in [-0.15, -0.1) is 0 Å². The quantitative estimate of drug-likeness (QED) is 0.668. The van der Waals surface area contributed by atoms with E-state index in [0.717, 1.165) is 33.3 Å². The van der Waals surface area contributed by atoms with Crippen LogP contribution in [0.2, 0.25) is 0 Å². The molecule has 3 heteroatoms. The van der Waals surface area contributed by atoms with Crippen molar-refractivity contribution in [2.45, 2.75) is 27.4 Å². The Kier molecular flexibility index (Phi) is 4.11. The fraction of sp³-hybridized carbons (Fsp3) is 0.200. The highest BCUT2D eigenvalue weighted by molar-refractivity contribution is 6.03. The van der Waals surface area contributed by atoms with Crippen molar-refractivity contribution in [1.82, 2.24) is 4.98 Å². The summed E-state index contributed by atoms with van der Waals surface area (Å²) in [5, 5.41) is 0.823. The maximum Gasteiger partial charge on any atom is 0.339 e. The van der Waals surface area contributed by atoms with Gasteiger partial charge in [0.25, 0.3) is 0 Å². The zero-order valence-corrected chi connectivity index (χ0v) is 13.6. The molecule has 0 aliphatic rings. The second kappa shape index (κ2) is 6.21. The average Bonchev–Trinajstić information content (AvgIpc) is 2.54. The highest BCUT2D eigenvalue weighted by Crippen LogP contribution is 2.20. The molecule has 0 radical (unpaired) electrons. The predicted molar refractivity (Wildman–Crippen MR) is 91.5 cm³/mol. The van der Waals surface area contributed by atoms with Gasteiger partial charge in [-0.3, -0.25) is 4.98 Å². The van der Waals surface area contributed by atoms with Gasteiger partial charge in [0.1, 0.15) is 6.61 Å². The van der Waals surface area contributed by atoms with Crippen molar-refractivity contribution in [1.29, 1.82) is 0 Å². The molecule has 23 heavy (non-hydrogen) atoms. The molecule has 3 rings (SSSR count). The summed E-state index contributed by atoms with van der Waals surface area (Å²) < 4.78 is 5.55. The Hall–Kier alpha value is -2.68. The zero-order chi connectivity index (χ0) is 16.4. The number of hydrogen-bond donors (Lipinski definition) is 0. The number of carbonyl (C=O) groups excluding carboxylic acids is 1. The van der Waals surface area contributed by atoms with Crippen LogP contribution in [0.25, 0.3) is 10.9 Å². The molecule has 0 amide bonds. The second-order valence-electron chi connectivity index (χ2n) is 5.83. The summed E-state index contributed by atoms with van der Waals surface area (Å²) in [4.78, 5) is 17.0. The first-order valence-electron chi connectivity index (χ1n) is 7.64. The minimum absolute atomic E-state index is 0.280. The van der Waals surface area contributed by atoms with E-state index in [9.17, 15) is 4.79 Å². The lowest BCUT2D eigenvalue weighted by Gasteiger charge is -2.10. The normalized spacial score (nSPS) is 10.7. The van der Waals surface area contributed by atoms with E-state index in [-0.39, 0.29) is 12.6 Å². The lowest BCUT2D eigenvalue weighted by Crippen LogP contribution is -2.08. The number of fused-ring (bicyclic) bond motifs is 1. The Morgan fingerprint density at radius 3 is 2.65 bits per heavy atom. The lowest BCUT2D eigenvalue weighted by atomic mass is 10.1. The third kappa shape index (κ3) is 3.24. The molecule has 0 spiro atoms. The Bertz CT molecular complexity index is 884. The summed E-state index contributed by atoms with van der Waals surface area (Å²) in [5.74, 6) is -0.312. The van der Waals surface area contributed by atoms with Crippen molar-refractivity contribution >= 4 is 16.9 Å². The molecule has 0 bridgehead atoms. The van der Waals surface area contributed by atoms with E-state index in [4.69, 9.17) is 4.74 Å². The van der Waals surface area contributed by atoms with Gasteiger partial charge in [0.05, 0.1) is 11.1 Å². The van der Waals surface area contributed by atoms with Crippen LogP contribution in [0.1, 0.15) is 32.7 Å². The van der Waals surface area contributed by atoms with Gasteiger partial charge in [-0.25, -0.2) is 4.79 Å². The van der Waals surface area contributed by atoms with Crippen LogP contribution in [0.5, 0.6) is 0 Å². The molecule has 0 atom stereocenters. The fourth-order valence-electron chi connectivity index (χ4n) is 2.65. The highest BCUT2D eigenvalue weighted by atomic mass is 16.5. The Balaban J connectivity index is 1.88. The summed E-state index contributed by atoms with van der Waals surface area (Å²) in [6.45, 7) is 6.22. The number of aromatic nitrogens is 1. The molecule has 0 aliphatic heterocycles. The molecular formula is C20H19NO2. The number of hydrogen-bond acceptors (Lipinski definition) is 3. The molecule has 2 aromatic carbocycles. The Morgan fingerprint density at radius 1 is 1.04 bits per heavy atom. The van der Waals surface area contributed by atoms with Gasteiger partial charge in [-0.05, 0) is 44.0 Å². The van der Waals surface area contributed by atoms with E-state index >= 15 is 0 Å². The van der Waals surface area contributed by atoms with Crippen LogP contribution >= 0.6 is 0 Å². The van der Waals surface area contributed by atoms with Gasteiger partial charge in [-0.1, -0.05) is 42.0 Å². The molecular weight excluding hydrogens is 286 g/mol. The number of benzene rings is 2. The lowest BCUT2D eigenvalue weighted by molar-refractivity contribution is 0.0474. The summed E-state index contributed by atoms with van der Waals surface area (Å²) in [7, 11) is 0. The van der Waals surface area contributed by atoms with Crippen molar-refractivity contribution < 1.29 is 9.53 Å². The van der Waals surface area contributed by atoms with Crippen LogP contribution in [0, 0.1) is 20.8 Å².